The van der Waals surface area contributed by atoms with Crippen molar-refractivity contribution in [1.82, 2.24) is 0 Å². The average Bonchev–Trinajstić information content (AvgIpc) is 2.53. The number of ketones is 4. The van der Waals surface area contributed by atoms with Crippen LogP contribution in [0, 0.1) is 0 Å². The summed E-state index contributed by atoms with van der Waals surface area (Å²) < 4.78 is 0. The number of carbonyl (C=O) groups excluding carboxylic acids is 4. The minimum atomic E-state index is -0.783. The van der Waals surface area contributed by atoms with Gasteiger partial charge in [0.15, 0.2) is 17.3 Å². The predicted molar refractivity (Wildman–Crippen MR) is 95.7 cm³/mol. The third-order valence-electron chi connectivity index (χ3n) is 4.71. The van der Waals surface area contributed by atoms with Crippen LogP contribution in [0.5, 0.6) is 0 Å². The Labute approximate surface area is 145 Å². The highest BCUT2D eigenvalue weighted by molar-refractivity contribution is 6.33. The van der Waals surface area contributed by atoms with Gasteiger partial charge < -0.3 is 0 Å². The highest BCUT2D eigenvalue weighted by Crippen LogP contribution is 2.45. The van der Waals surface area contributed by atoms with Crippen LogP contribution in [-0.2, 0) is 14.4 Å². The minimum Gasteiger partial charge on any atom is -0.299 e. The zero-order chi connectivity index (χ0) is 18.5. The van der Waals surface area contributed by atoms with Crippen molar-refractivity contribution in [3.05, 3.63) is 52.6 Å². The first-order valence-electron chi connectivity index (χ1n) is 8.09. The fourth-order valence-electron chi connectivity index (χ4n) is 3.80. The van der Waals surface area contributed by atoms with Crippen molar-refractivity contribution >= 4 is 39.5 Å². The molecule has 0 heterocycles. The van der Waals surface area contributed by atoms with Crippen LogP contribution >= 0.6 is 0 Å². The molecule has 1 aliphatic carbocycles. The van der Waals surface area contributed by atoms with Crippen molar-refractivity contribution in [3.63, 3.8) is 0 Å². The second-order valence-corrected chi connectivity index (χ2v) is 6.43. The van der Waals surface area contributed by atoms with E-state index in [0.717, 1.165) is 5.39 Å². The normalized spacial score (nSPS) is 16.1. The molecule has 126 valence electrons. The van der Waals surface area contributed by atoms with Crippen LogP contribution in [0.2, 0.25) is 0 Å². The zero-order valence-electron chi connectivity index (χ0n) is 14.6. The van der Waals surface area contributed by atoms with Gasteiger partial charge in [-0.25, -0.2) is 0 Å². The van der Waals surface area contributed by atoms with Crippen LogP contribution in [0.25, 0.3) is 16.3 Å². The summed E-state index contributed by atoms with van der Waals surface area (Å²) in [6.45, 7) is 5.58. The van der Waals surface area contributed by atoms with E-state index in [9.17, 15) is 19.2 Å². The lowest BCUT2D eigenvalue weighted by Gasteiger charge is -2.29. The first kappa shape index (κ1) is 17.0. The second kappa shape index (κ2) is 5.88. The molecular formula is C21H18O4. The van der Waals surface area contributed by atoms with E-state index in [-0.39, 0.29) is 34.3 Å². The summed E-state index contributed by atoms with van der Waals surface area (Å²) in [4.78, 5) is 49.4. The van der Waals surface area contributed by atoms with Crippen molar-refractivity contribution < 1.29 is 19.2 Å². The van der Waals surface area contributed by atoms with Gasteiger partial charge in [-0.1, -0.05) is 30.3 Å². The Kier molecular flexibility index (Phi) is 3.99. The number of hydrogen-bond acceptors (Lipinski definition) is 4. The number of hydrogen-bond donors (Lipinski definition) is 0. The SMILES string of the molecule is CC(=O)C1=C(C(C)=O)C(C(C)=O)c2cccc3ccc(C(C)=O)c1c23. The number of Topliss-reactive ketones (excluding diaryl/α,β-unsaturated/α-hetero) is 4. The van der Waals surface area contributed by atoms with Crippen molar-refractivity contribution in [3.8, 4) is 0 Å². The average molecular weight is 334 g/mol. The second-order valence-electron chi connectivity index (χ2n) is 6.43. The quantitative estimate of drug-likeness (QED) is 0.800. The lowest BCUT2D eigenvalue weighted by atomic mass is 9.71. The van der Waals surface area contributed by atoms with Crippen molar-refractivity contribution in [1.29, 1.82) is 0 Å². The summed E-state index contributed by atoms with van der Waals surface area (Å²) in [6, 6.07) is 8.98. The van der Waals surface area contributed by atoms with E-state index in [1.807, 2.05) is 18.2 Å². The summed E-state index contributed by atoms with van der Waals surface area (Å²) in [6.07, 6.45) is 0. The molecule has 0 saturated carbocycles. The molecule has 0 bridgehead atoms. The van der Waals surface area contributed by atoms with E-state index in [1.54, 1.807) is 12.1 Å². The fourth-order valence-corrected chi connectivity index (χ4v) is 3.80. The maximum atomic E-state index is 12.5. The molecule has 4 nitrogen and oxygen atoms in total. The molecule has 0 N–H and O–H groups in total. The van der Waals surface area contributed by atoms with E-state index in [0.29, 0.717) is 22.1 Å². The molecule has 0 saturated heterocycles. The summed E-state index contributed by atoms with van der Waals surface area (Å²) in [5, 5.41) is 1.55. The standard InChI is InChI=1S/C21H18O4/c1-10(22)15-9-8-14-6-5-7-16-17(11(2)23)18(12(3)24)19(13(4)25)21(15)20(14)16/h5-9,17H,1-4H3. The highest BCUT2D eigenvalue weighted by Gasteiger charge is 2.37. The molecule has 1 aliphatic rings. The highest BCUT2D eigenvalue weighted by atomic mass is 16.1. The molecule has 0 radical (unpaired) electrons. The molecule has 0 aromatic heterocycles. The maximum Gasteiger partial charge on any atom is 0.160 e. The summed E-state index contributed by atoms with van der Waals surface area (Å²) >= 11 is 0. The predicted octanol–water partition coefficient (Wildman–Crippen LogP) is 3.66. The Balaban J connectivity index is 2.63. The lowest BCUT2D eigenvalue weighted by molar-refractivity contribution is -0.120. The van der Waals surface area contributed by atoms with E-state index in [1.165, 1.54) is 27.7 Å². The largest absolute Gasteiger partial charge is 0.299 e. The van der Waals surface area contributed by atoms with Crippen LogP contribution in [0.4, 0.5) is 0 Å². The smallest absolute Gasteiger partial charge is 0.160 e. The summed E-state index contributed by atoms with van der Waals surface area (Å²) in [5.74, 6) is -1.81. The van der Waals surface area contributed by atoms with Gasteiger partial charge in [-0.2, -0.15) is 0 Å². The number of allylic oxidation sites excluding steroid dienone is 2. The topological polar surface area (TPSA) is 68.3 Å². The summed E-state index contributed by atoms with van der Waals surface area (Å²) in [5.41, 5.74) is 1.94. The van der Waals surface area contributed by atoms with Crippen molar-refractivity contribution in [2.45, 2.75) is 33.6 Å². The van der Waals surface area contributed by atoms with Gasteiger partial charge in [0.2, 0.25) is 0 Å². The first-order valence-corrected chi connectivity index (χ1v) is 8.09. The van der Waals surface area contributed by atoms with E-state index >= 15 is 0 Å². The molecule has 0 spiro atoms. The van der Waals surface area contributed by atoms with Crippen molar-refractivity contribution in [2.75, 3.05) is 0 Å². The van der Waals surface area contributed by atoms with Crippen molar-refractivity contribution in [2.24, 2.45) is 0 Å². The Morgan fingerprint density at radius 3 is 2.00 bits per heavy atom. The van der Waals surface area contributed by atoms with Gasteiger partial charge in [-0.15, -0.1) is 0 Å². The molecular weight excluding hydrogens is 316 g/mol. The Morgan fingerprint density at radius 2 is 1.48 bits per heavy atom. The van der Waals surface area contributed by atoms with Gasteiger partial charge in [0.25, 0.3) is 0 Å². The van der Waals surface area contributed by atoms with Crippen LogP contribution in [0.1, 0.15) is 55.1 Å². The van der Waals surface area contributed by atoms with Gasteiger partial charge in [-0.05, 0) is 44.0 Å². The molecule has 3 rings (SSSR count). The monoisotopic (exact) mass is 334 g/mol. The van der Waals surface area contributed by atoms with Crippen LogP contribution < -0.4 is 0 Å². The molecule has 1 unspecified atom stereocenters. The van der Waals surface area contributed by atoms with Gasteiger partial charge in [0.05, 0.1) is 5.92 Å². The molecule has 1 atom stereocenters. The Bertz CT molecular complexity index is 1010. The first-order chi connectivity index (χ1) is 11.8. The molecule has 2 aromatic rings. The molecule has 25 heavy (non-hydrogen) atoms. The third kappa shape index (κ3) is 2.45. The van der Waals surface area contributed by atoms with Crippen LogP contribution in [-0.4, -0.2) is 23.1 Å². The molecule has 2 aromatic carbocycles. The Hall–Kier alpha value is -2.88. The maximum absolute atomic E-state index is 12.5. The summed E-state index contributed by atoms with van der Waals surface area (Å²) in [7, 11) is 0. The van der Waals surface area contributed by atoms with Crippen LogP contribution in [0.15, 0.2) is 35.9 Å². The fraction of sp³-hybridized carbons (Fsp3) is 0.238. The zero-order valence-corrected chi connectivity index (χ0v) is 14.6. The van der Waals surface area contributed by atoms with E-state index in [4.69, 9.17) is 0 Å². The Morgan fingerprint density at radius 1 is 0.800 bits per heavy atom. The third-order valence-corrected chi connectivity index (χ3v) is 4.71. The van der Waals surface area contributed by atoms with Gasteiger partial charge >= 0.3 is 0 Å². The minimum absolute atomic E-state index is 0.186. The van der Waals surface area contributed by atoms with E-state index in [2.05, 4.69) is 0 Å². The van der Waals surface area contributed by atoms with Gasteiger partial charge in [0.1, 0.15) is 5.78 Å². The number of benzene rings is 2. The number of rotatable bonds is 4. The number of carbonyl (C=O) groups is 4. The van der Waals surface area contributed by atoms with Crippen LogP contribution in [0.3, 0.4) is 0 Å². The van der Waals surface area contributed by atoms with Gasteiger partial charge in [0, 0.05) is 22.3 Å². The van der Waals surface area contributed by atoms with Gasteiger partial charge in [-0.3, -0.25) is 19.2 Å². The molecule has 4 heteroatoms. The molecule has 0 fully saturated rings. The molecule has 0 amide bonds. The molecule has 0 aliphatic heterocycles. The lowest BCUT2D eigenvalue weighted by Crippen LogP contribution is -2.25. The van der Waals surface area contributed by atoms with E-state index < -0.39 is 5.92 Å².